The van der Waals surface area contributed by atoms with Gasteiger partial charge in [-0.05, 0) is 56.2 Å². The van der Waals surface area contributed by atoms with E-state index >= 15 is 0 Å². The first-order valence-corrected chi connectivity index (χ1v) is 10.0. The normalized spacial score (nSPS) is 15.8. The summed E-state index contributed by atoms with van der Waals surface area (Å²) in [6, 6.07) is 5.94. The Kier molecular flexibility index (Phi) is 12.3. The highest BCUT2D eigenvalue weighted by atomic mass is 127. The third-order valence-corrected chi connectivity index (χ3v) is 5.17. The van der Waals surface area contributed by atoms with Crippen LogP contribution >= 0.6 is 24.0 Å². The van der Waals surface area contributed by atoms with Gasteiger partial charge in [-0.25, -0.2) is 0 Å². The smallest absolute Gasteiger partial charge is 0.188 e. The molecule has 0 saturated heterocycles. The van der Waals surface area contributed by atoms with Crippen molar-refractivity contribution in [1.29, 1.82) is 0 Å². The molecule has 0 aliphatic heterocycles. The SMILES string of the molecule is CCOC(CCN=C(N)NCCc1ccc(OC)c(OC)c1)C1CCCC1.I. The first-order valence-electron chi connectivity index (χ1n) is 10.0. The number of aliphatic imine (C=N–C) groups is 1. The molecule has 1 aromatic rings. The van der Waals surface area contributed by atoms with Crippen molar-refractivity contribution in [3.63, 3.8) is 0 Å². The van der Waals surface area contributed by atoms with Crippen molar-refractivity contribution in [3.8, 4) is 11.5 Å². The second-order valence-electron chi connectivity index (χ2n) is 6.96. The second kappa shape index (κ2) is 13.9. The monoisotopic (exact) mass is 505 g/mol. The zero-order valence-electron chi connectivity index (χ0n) is 17.4. The van der Waals surface area contributed by atoms with E-state index in [4.69, 9.17) is 19.9 Å². The zero-order valence-corrected chi connectivity index (χ0v) is 19.7. The molecule has 1 unspecified atom stereocenters. The number of methoxy groups -OCH3 is 2. The Hall–Kier alpha value is -1.22. The van der Waals surface area contributed by atoms with Gasteiger partial charge in [0.25, 0.3) is 0 Å². The average Bonchev–Trinajstić information content (AvgIpc) is 3.22. The lowest BCUT2D eigenvalue weighted by atomic mass is 9.98. The van der Waals surface area contributed by atoms with E-state index in [1.807, 2.05) is 18.2 Å². The summed E-state index contributed by atoms with van der Waals surface area (Å²) in [5.41, 5.74) is 7.16. The number of hydrogen-bond acceptors (Lipinski definition) is 4. The summed E-state index contributed by atoms with van der Waals surface area (Å²) in [6.45, 7) is 4.26. The Labute approximate surface area is 186 Å². The van der Waals surface area contributed by atoms with Crippen molar-refractivity contribution in [2.75, 3.05) is 33.9 Å². The first-order chi connectivity index (χ1) is 13.2. The van der Waals surface area contributed by atoms with E-state index in [1.54, 1.807) is 14.2 Å². The lowest BCUT2D eigenvalue weighted by Gasteiger charge is -2.22. The molecule has 2 rings (SSSR count). The van der Waals surface area contributed by atoms with Crippen molar-refractivity contribution in [2.45, 2.75) is 51.6 Å². The molecule has 1 fully saturated rings. The minimum atomic E-state index is 0. The quantitative estimate of drug-likeness (QED) is 0.272. The summed E-state index contributed by atoms with van der Waals surface area (Å²) in [5.74, 6) is 2.67. The number of hydrogen-bond donors (Lipinski definition) is 2. The average molecular weight is 505 g/mol. The molecule has 0 heterocycles. The Morgan fingerprint density at radius 1 is 1.21 bits per heavy atom. The molecule has 1 saturated carbocycles. The number of halogens is 1. The van der Waals surface area contributed by atoms with Crippen LogP contribution in [0.1, 0.15) is 44.6 Å². The molecule has 3 N–H and O–H groups in total. The lowest BCUT2D eigenvalue weighted by Crippen LogP contribution is -2.33. The number of ether oxygens (including phenoxy) is 3. The largest absolute Gasteiger partial charge is 0.493 e. The van der Waals surface area contributed by atoms with Crippen LogP contribution in [0.3, 0.4) is 0 Å². The molecule has 160 valence electrons. The predicted molar refractivity (Wildman–Crippen MR) is 125 cm³/mol. The maximum Gasteiger partial charge on any atom is 0.188 e. The van der Waals surface area contributed by atoms with E-state index in [-0.39, 0.29) is 24.0 Å². The van der Waals surface area contributed by atoms with Crippen LogP contribution in [0.2, 0.25) is 0 Å². The summed E-state index contributed by atoms with van der Waals surface area (Å²) < 4.78 is 16.5. The van der Waals surface area contributed by atoms with Crippen LogP contribution < -0.4 is 20.5 Å². The van der Waals surface area contributed by atoms with Gasteiger partial charge in [0.05, 0.1) is 20.3 Å². The van der Waals surface area contributed by atoms with E-state index in [1.165, 1.54) is 25.7 Å². The van der Waals surface area contributed by atoms with Crippen molar-refractivity contribution in [2.24, 2.45) is 16.6 Å². The van der Waals surface area contributed by atoms with Crippen molar-refractivity contribution >= 4 is 29.9 Å². The summed E-state index contributed by atoms with van der Waals surface area (Å²) in [6.07, 6.45) is 7.33. The van der Waals surface area contributed by atoms with Crippen LogP contribution in [0.25, 0.3) is 0 Å². The van der Waals surface area contributed by atoms with Crippen LogP contribution in [-0.2, 0) is 11.2 Å². The molecule has 1 atom stereocenters. The minimum absolute atomic E-state index is 0. The van der Waals surface area contributed by atoms with Gasteiger partial charge in [0.15, 0.2) is 17.5 Å². The number of guanidine groups is 1. The van der Waals surface area contributed by atoms with Gasteiger partial charge in [-0.2, -0.15) is 0 Å². The summed E-state index contributed by atoms with van der Waals surface area (Å²) in [7, 11) is 3.28. The van der Waals surface area contributed by atoms with E-state index in [0.717, 1.165) is 43.1 Å². The predicted octanol–water partition coefficient (Wildman–Crippen LogP) is 3.75. The van der Waals surface area contributed by atoms with Crippen LogP contribution in [0.5, 0.6) is 11.5 Å². The zero-order chi connectivity index (χ0) is 19.5. The van der Waals surface area contributed by atoms with Crippen LogP contribution in [0.4, 0.5) is 0 Å². The van der Waals surface area contributed by atoms with Gasteiger partial charge in [0, 0.05) is 19.7 Å². The van der Waals surface area contributed by atoms with Crippen molar-refractivity contribution in [1.82, 2.24) is 5.32 Å². The van der Waals surface area contributed by atoms with Gasteiger partial charge in [0.2, 0.25) is 0 Å². The number of rotatable bonds is 11. The van der Waals surface area contributed by atoms with Gasteiger partial charge in [-0.3, -0.25) is 4.99 Å². The lowest BCUT2D eigenvalue weighted by molar-refractivity contribution is 0.0177. The third-order valence-electron chi connectivity index (χ3n) is 5.17. The topological polar surface area (TPSA) is 78.1 Å². The first kappa shape index (κ1) is 24.8. The van der Waals surface area contributed by atoms with Crippen molar-refractivity contribution < 1.29 is 14.2 Å². The Morgan fingerprint density at radius 2 is 1.93 bits per heavy atom. The van der Waals surface area contributed by atoms with Gasteiger partial charge in [-0.15, -0.1) is 24.0 Å². The molecular formula is C21H36IN3O3. The van der Waals surface area contributed by atoms with Crippen molar-refractivity contribution in [3.05, 3.63) is 23.8 Å². The molecule has 0 amide bonds. The van der Waals surface area contributed by atoms with Crippen LogP contribution in [-0.4, -0.2) is 46.0 Å². The van der Waals surface area contributed by atoms with Gasteiger partial charge < -0.3 is 25.3 Å². The molecule has 1 aromatic carbocycles. The Morgan fingerprint density at radius 3 is 2.57 bits per heavy atom. The molecule has 1 aliphatic rings. The Balaban J connectivity index is 0.00000392. The highest BCUT2D eigenvalue weighted by Gasteiger charge is 2.24. The molecule has 6 nitrogen and oxygen atoms in total. The summed E-state index contributed by atoms with van der Waals surface area (Å²) in [4.78, 5) is 4.47. The molecule has 28 heavy (non-hydrogen) atoms. The fourth-order valence-electron chi connectivity index (χ4n) is 3.74. The van der Waals surface area contributed by atoms with Gasteiger partial charge in [0.1, 0.15) is 0 Å². The van der Waals surface area contributed by atoms with E-state index in [9.17, 15) is 0 Å². The fourth-order valence-corrected chi connectivity index (χ4v) is 3.74. The van der Waals surface area contributed by atoms with E-state index in [2.05, 4.69) is 17.2 Å². The molecule has 0 radical (unpaired) electrons. The van der Waals surface area contributed by atoms with Crippen LogP contribution in [0, 0.1) is 5.92 Å². The maximum atomic E-state index is 6.01. The molecule has 7 heteroatoms. The summed E-state index contributed by atoms with van der Waals surface area (Å²) >= 11 is 0. The molecule has 0 bridgehead atoms. The molecular weight excluding hydrogens is 469 g/mol. The molecule has 1 aliphatic carbocycles. The van der Waals surface area contributed by atoms with E-state index in [0.29, 0.717) is 24.5 Å². The summed E-state index contributed by atoms with van der Waals surface area (Å²) in [5, 5.41) is 3.19. The molecule has 0 spiro atoms. The minimum Gasteiger partial charge on any atom is -0.493 e. The molecule has 0 aromatic heterocycles. The fraction of sp³-hybridized carbons (Fsp3) is 0.667. The van der Waals surface area contributed by atoms with Gasteiger partial charge >= 0.3 is 0 Å². The number of nitrogens with one attached hydrogen (secondary N) is 1. The highest BCUT2D eigenvalue weighted by Crippen LogP contribution is 2.30. The number of benzene rings is 1. The number of nitrogens with two attached hydrogens (primary N) is 1. The number of nitrogens with zero attached hydrogens (tertiary/aromatic N) is 1. The van der Waals surface area contributed by atoms with Crippen LogP contribution in [0.15, 0.2) is 23.2 Å². The maximum absolute atomic E-state index is 6.01. The Bertz CT molecular complexity index is 592. The highest BCUT2D eigenvalue weighted by molar-refractivity contribution is 14.0. The van der Waals surface area contributed by atoms with E-state index < -0.39 is 0 Å². The van der Waals surface area contributed by atoms with Gasteiger partial charge in [-0.1, -0.05) is 18.9 Å². The third kappa shape index (κ3) is 8.03. The standard InChI is InChI=1S/C21H35N3O3.HI/c1-4-27-18(17-7-5-6-8-17)12-14-24-21(22)23-13-11-16-9-10-19(25-2)20(15-16)26-3;/h9-10,15,17-18H,4-8,11-14H2,1-3H3,(H3,22,23,24);1H. The second-order valence-corrected chi connectivity index (χ2v) is 6.96.